The summed E-state index contributed by atoms with van der Waals surface area (Å²) in [4.78, 5) is 14.8. The van der Waals surface area contributed by atoms with E-state index in [1.807, 2.05) is 32.0 Å². The molecule has 4 heteroatoms. The molecule has 3 rings (SSSR count). The third-order valence-corrected chi connectivity index (χ3v) is 5.20. The number of benzene rings is 1. The minimum absolute atomic E-state index is 0.0727. The van der Waals surface area contributed by atoms with Crippen LogP contribution in [-0.2, 0) is 4.79 Å². The molecule has 21 heavy (non-hydrogen) atoms. The van der Waals surface area contributed by atoms with Gasteiger partial charge in [-0.2, -0.15) is 0 Å². The minimum atomic E-state index is -0.0727. The molecule has 0 aromatic heterocycles. The largest absolute Gasteiger partial charge is 0.399 e. The van der Waals surface area contributed by atoms with Gasteiger partial charge in [0.15, 0.2) is 0 Å². The fraction of sp³-hybridized carbons (Fsp3) is 0.588. The third kappa shape index (κ3) is 2.91. The molecule has 0 radical (unpaired) electrons. The van der Waals surface area contributed by atoms with E-state index in [1.165, 1.54) is 19.3 Å². The Morgan fingerprint density at radius 3 is 2.67 bits per heavy atom. The van der Waals surface area contributed by atoms with Crippen LogP contribution < -0.4 is 11.1 Å². The molecule has 114 valence electrons. The van der Waals surface area contributed by atoms with E-state index in [2.05, 4.69) is 10.2 Å². The van der Waals surface area contributed by atoms with Crippen molar-refractivity contribution in [3.63, 3.8) is 0 Å². The van der Waals surface area contributed by atoms with Gasteiger partial charge in [0, 0.05) is 24.5 Å². The second-order valence-electron chi connectivity index (χ2n) is 6.64. The Morgan fingerprint density at radius 2 is 2.00 bits per heavy atom. The number of hydrogen-bond acceptors (Lipinski definition) is 3. The van der Waals surface area contributed by atoms with Crippen molar-refractivity contribution in [3.05, 3.63) is 23.8 Å². The third-order valence-electron chi connectivity index (χ3n) is 5.20. The zero-order valence-electron chi connectivity index (χ0n) is 12.9. The number of nitrogen functional groups attached to an aromatic ring is 1. The van der Waals surface area contributed by atoms with E-state index >= 15 is 0 Å². The standard InChI is InChI=1S/C17H25N3O/c1-11-6-7-15(18)8-16(11)19-17(21)12(2)20-9-13-4-3-5-14(13)10-20/h6-8,12-14H,3-5,9-10,18H2,1-2H3,(H,19,21). The van der Waals surface area contributed by atoms with Crippen LogP contribution in [0.3, 0.4) is 0 Å². The van der Waals surface area contributed by atoms with Gasteiger partial charge in [-0.1, -0.05) is 12.5 Å². The summed E-state index contributed by atoms with van der Waals surface area (Å²) in [5.74, 6) is 1.70. The van der Waals surface area contributed by atoms with E-state index in [9.17, 15) is 4.79 Å². The van der Waals surface area contributed by atoms with E-state index in [1.54, 1.807) is 0 Å². The number of nitrogens with one attached hydrogen (secondary N) is 1. The molecule has 1 aliphatic heterocycles. The quantitative estimate of drug-likeness (QED) is 0.840. The average molecular weight is 287 g/mol. The van der Waals surface area contributed by atoms with Crippen molar-refractivity contribution in [2.45, 2.75) is 39.2 Å². The summed E-state index contributed by atoms with van der Waals surface area (Å²) < 4.78 is 0. The smallest absolute Gasteiger partial charge is 0.241 e. The zero-order valence-corrected chi connectivity index (χ0v) is 12.9. The Kier molecular flexibility index (Phi) is 3.89. The van der Waals surface area contributed by atoms with Crippen molar-refractivity contribution in [1.29, 1.82) is 0 Å². The Bertz CT molecular complexity index is 531. The van der Waals surface area contributed by atoms with Gasteiger partial charge in [-0.25, -0.2) is 0 Å². The highest BCUT2D eigenvalue weighted by atomic mass is 16.2. The van der Waals surface area contributed by atoms with Crippen molar-refractivity contribution in [1.82, 2.24) is 4.90 Å². The van der Waals surface area contributed by atoms with Crippen molar-refractivity contribution in [2.24, 2.45) is 11.8 Å². The lowest BCUT2D eigenvalue weighted by atomic mass is 10.0. The second kappa shape index (κ2) is 5.68. The fourth-order valence-electron chi connectivity index (χ4n) is 3.76. The first kappa shape index (κ1) is 14.4. The number of amides is 1. The molecule has 0 bridgehead atoms. The first-order valence-corrected chi connectivity index (χ1v) is 7.95. The van der Waals surface area contributed by atoms with Gasteiger partial charge in [-0.15, -0.1) is 0 Å². The Morgan fingerprint density at radius 1 is 1.33 bits per heavy atom. The van der Waals surface area contributed by atoms with Crippen molar-refractivity contribution < 1.29 is 4.79 Å². The number of anilines is 2. The van der Waals surface area contributed by atoms with E-state index in [4.69, 9.17) is 5.73 Å². The van der Waals surface area contributed by atoms with Gasteiger partial charge in [0.25, 0.3) is 0 Å². The predicted molar refractivity (Wildman–Crippen MR) is 86.1 cm³/mol. The van der Waals surface area contributed by atoms with Gasteiger partial charge in [0.2, 0.25) is 5.91 Å². The van der Waals surface area contributed by atoms with Crippen LogP contribution in [0.2, 0.25) is 0 Å². The summed E-state index contributed by atoms with van der Waals surface area (Å²) in [5.41, 5.74) is 8.35. The van der Waals surface area contributed by atoms with Crippen LogP contribution in [-0.4, -0.2) is 29.9 Å². The maximum atomic E-state index is 12.5. The van der Waals surface area contributed by atoms with Crippen LogP contribution in [0.15, 0.2) is 18.2 Å². The summed E-state index contributed by atoms with van der Waals surface area (Å²) in [5, 5.41) is 3.03. The molecule has 3 unspecified atom stereocenters. The Labute approximate surface area is 126 Å². The Balaban J connectivity index is 1.64. The van der Waals surface area contributed by atoms with Gasteiger partial charge in [-0.3, -0.25) is 9.69 Å². The SMILES string of the molecule is Cc1ccc(N)cc1NC(=O)C(C)N1CC2CCCC2C1. The molecule has 1 aromatic rings. The van der Waals surface area contributed by atoms with Crippen LogP contribution in [0.5, 0.6) is 0 Å². The number of nitrogens with two attached hydrogens (primary N) is 1. The Hall–Kier alpha value is -1.55. The van der Waals surface area contributed by atoms with Crippen molar-refractivity contribution >= 4 is 17.3 Å². The predicted octanol–water partition coefficient (Wildman–Crippen LogP) is 2.64. The number of nitrogens with zero attached hydrogens (tertiary/aromatic N) is 1. The number of likely N-dealkylation sites (tertiary alicyclic amines) is 1. The van der Waals surface area contributed by atoms with Crippen LogP contribution in [0.1, 0.15) is 31.7 Å². The number of rotatable bonds is 3. The molecule has 1 saturated carbocycles. The number of aryl methyl sites for hydroxylation is 1. The monoisotopic (exact) mass is 287 g/mol. The summed E-state index contributed by atoms with van der Waals surface area (Å²) in [6.07, 6.45) is 4.04. The maximum Gasteiger partial charge on any atom is 0.241 e. The lowest BCUT2D eigenvalue weighted by Gasteiger charge is -2.24. The van der Waals surface area contributed by atoms with E-state index in [-0.39, 0.29) is 11.9 Å². The highest BCUT2D eigenvalue weighted by Gasteiger charge is 2.39. The van der Waals surface area contributed by atoms with Gasteiger partial charge in [0.1, 0.15) is 0 Å². The topological polar surface area (TPSA) is 58.4 Å². The molecule has 1 amide bonds. The van der Waals surface area contributed by atoms with Crippen molar-refractivity contribution in [2.75, 3.05) is 24.1 Å². The van der Waals surface area contributed by atoms with Crippen LogP contribution in [0.25, 0.3) is 0 Å². The number of carbonyl (C=O) groups excluding carboxylic acids is 1. The van der Waals surface area contributed by atoms with E-state index in [0.29, 0.717) is 5.69 Å². The van der Waals surface area contributed by atoms with Crippen molar-refractivity contribution in [3.8, 4) is 0 Å². The molecule has 2 aliphatic rings. The molecule has 1 heterocycles. The highest BCUT2D eigenvalue weighted by molar-refractivity contribution is 5.95. The van der Waals surface area contributed by atoms with Crippen LogP contribution in [0, 0.1) is 18.8 Å². The molecule has 4 nitrogen and oxygen atoms in total. The average Bonchev–Trinajstić information content (AvgIpc) is 3.03. The summed E-state index contributed by atoms with van der Waals surface area (Å²) in [6, 6.07) is 5.56. The van der Waals surface area contributed by atoms with E-state index < -0.39 is 0 Å². The minimum Gasteiger partial charge on any atom is -0.399 e. The maximum absolute atomic E-state index is 12.5. The first-order valence-electron chi connectivity index (χ1n) is 7.95. The van der Waals surface area contributed by atoms with E-state index in [0.717, 1.165) is 36.2 Å². The van der Waals surface area contributed by atoms with Gasteiger partial charge < -0.3 is 11.1 Å². The van der Waals surface area contributed by atoms with Gasteiger partial charge >= 0.3 is 0 Å². The lowest BCUT2D eigenvalue weighted by molar-refractivity contribution is -0.120. The molecule has 1 aliphatic carbocycles. The van der Waals surface area contributed by atoms with Gasteiger partial charge in [0.05, 0.1) is 6.04 Å². The van der Waals surface area contributed by atoms with Crippen LogP contribution in [0.4, 0.5) is 11.4 Å². The zero-order chi connectivity index (χ0) is 15.0. The molecule has 0 spiro atoms. The van der Waals surface area contributed by atoms with Crippen LogP contribution >= 0.6 is 0 Å². The lowest BCUT2D eigenvalue weighted by Crippen LogP contribution is -2.41. The molecular formula is C17H25N3O. The highest BCUT2D eigenvalue weighted by Crippen LogP contribution is 2.38. The fourth-order valence-corrected chi connectivity index (χ4v) is 3.76. The molecular weight excluding hydrogens is 262 g/mol. The summed E-state index contributed by atoms with van der Waals surface area (Å²) in [6.45, 7) is 6.16. The first-order chi connectivity index (χ1) is 10.0. The number of fused-ring (bicyclic) bond motifs is 1. The summed E-state index contributed by atoms with van der Waals surface area (Å²) in [7, 11) is 0. The summed E-state index contributed by atoms with van der Waals surface area (Å²) >= 11 is 0. The second-order valence-corrected chi connectivity index (χ2v) is 6.64. The molecule has 1 saturated heterocycles. The molecule has 3 N–H and O–H groups in total. The number of hydrogen-bond donors (Lipinski definition) is 2. The van der Waals surface area contributed by atoms with Gasteiger partial charge in [-0.05, 0) is 56.2 Å². The molecule has 2 fully saturated rings. The number of carbonyl (C=O) groups is 1. The normalized spacial score (nSPS) is 26.6. The molecule has 3 atom stereocenters. The molecule has 1 aromatic carbocycles.